The maximum absolute atomic E-state index is 5.39. The molecule has 0 saturated heterocycles. The molecule has 4 nitrogen and oxygen atoms in total. The summed E-state index contributed by atoms with van der Waals surface area (Å²) >= 11 is 1.80. The Morgan fingerprint density at radius 2 is 0.826 bits per heavy atom. The maximum atomic E-state index is 5.39. The Bertz CT molecular complexity index is 3940. The van der Waals surface area contributed by atoms with Crippen molar-refractivity contribution in [2.24, 2.45) is 0 Å². The fraction of sp³-hybridized carbons (Fsp3) is 0.0156. The predicted molar refractivity (Wildman–Crippen MR) is 285 cm³/mol. The van der Waals surface area contributed by atoms with E-state index in [0.29, 0.717) is 17.5 Å². The lowest BCUT2D eigenvalue weighted by molar-refractivity contribution is 0.794. The molecule has 0 unspecified atom stereocenters. The third-order valence-electron chi connectivity index (χ3n) is 14.1. The highest BCUT2D eigenvalue weighted by Crippen LogP contribution is 2.65. The summed E-state index contributed by atoms with van der Waals surface area (Å²) in [5.74, 6) is 1.88. The molecule has 0 radical (unpaired) electrons. The summed E-state index contributed by atoms with van der Waals surface area (Å²) in [6, 6.07) is 87.6. The normalized spacial score (nSPS) is 12.8. The van der Waals surface area contributed by atoms with Gasteiger partial charge in [-0.25, -0.2) is 15.0 Å². The van der Waals surface area contributed by atoms with E-state index in [1.54, 1.807) is 11.3 Å². The second kappa shape index (κ2) is 15.7. The highest BCUT2D eigenvalue weighted by atomic mass is 32.1. The van der Waals surface area contributed by atoms with Gasteiger partial charge in [-0.15, -0.1) is 11.3 Å². The number of fused-ring (bicyclic) bond motifs is 13. The summed E-state index contributed by atoms with van der Waals surface area (Å²) in [6.07, 6.45) is 0. The number of hydrogen-bond acceptors (Lipinski definition) is 5. The molecule has 2 heterocycles. The maximum Gasteiger partial charge on any atom is 0.164 e. The molecule has 2 aliphatic rings. The molecule has 0 fully saturated rings. The molecule has 0 amide bonds. The number of nitrogens with zero attached hydrogens (tertiary/aromatic N) is 4. The number of para-hydroxylation sites is 1. The number of rotatable bonds is 7. The monoisotopic (exact) mass is 896 g/mol. The van der Waals surface area contributed by atoms with Crippen LogP contribution in [0.5, 0.6) is 0 Å². The van der Waals surface area contributed by atoms with E-state index in [2.05, 4.69) is 229 Å². The van der Waals surface area contributed by atoms with Crippen LogP contribution in [0.1, 0.15) is 22.3 Å². The van der Waals surface area contributed by atoms with E-state index < -0.39 is 5.41 Å². The van der Waals surface area contributed by atoms with Gasteiger partial charge in [0, 0.05) is 53.7 Å². The molecule has 0 aliphatic heterocycles. The highest BCUT2D eigenvalue weighted by Gasteiger charge is 2.52. The Balaban J connectivity index is 1.02. The van der Waals surface area contributed by atoms with Crippen molar-refractivity contribution in [1.82, 2.24) is 15.0 Å². The van der Waals surface area contributed by atoms with E-state index >= 15 is 0 Å². The van der Waals surface area contributed by atoms with Crippen LogP contribution in [0.25, 0.3) is 87.7 Å². The predicted octanol–water partition coefficient (Wildman–Crippen LogP) is 16.7. The molecule has 1 spiro atoms. The zero-order chi connectivity index (χ0) is 45.5. The third-order valence-corrected chi connectivity index (χ3v) is 15.3. The van der Waals surface area contributed by atoms with E-state index in [1.807, 2.05) is 18.2 Å². The van der Waals surface area contributed by atoms with Crippen LogP contribution in [0.2, 0.25) is 0 Å². The van der Waals surface area contributed by atoms with Gasteiger partial charge in [0.1, 0.15) is 0 Å². The molecule has 0 saturated carbocycles. The molecule has 69 heavy (non-hydrogen) atoms. The van der Waals surface area contributed by atoms with E-state index in [1.165, 1.54) is 59.3 Å². The van der Waals surface area contributed by atoms with E-state index in [9.17, 15) is 0 Å². The molecule has 322 valence electrons. The zero-order valence-electron chi connectivity index (χ0n) is 37.3. The molecule has 10 aromatic carbocycles. The molecule has 14 rings (SSSR count). The summed E-state index contributed by atoms with van der Waals surface area (Å²) in [7, 11) is 0. The Morgan fingerprint density at radius 3 is 1.58 bits per heavy atom. The van der Waals surface area contributed by atoms with Gasteiger partial charge in [-0.1, -0.05) is 206 Å². The quantitative estimate of drug-likeness (QED) is 0.160. The number of benzene rings is 10. The van der Waals surface area contributed by atoms with Gasteiger partial charge >= 0.3 is 0 Å². The van der Waals surface area contributed by atoms with Gasteiger partial charge in [-0.05, 0) is 80.9 Å². The lowest BCUT2D eigenvalue weighted by Crippen LogP contribution is -2.26. The average Bonchev–Trinajstić information content (AvgIpc) is 4.06. The van der Waals surface area contributed by atoms with Crippen molar-refractivity contribution in [2.75, 3.05) is 4.90 Å². The van der Waals surface area contributed by atoms with Crippen LogP contribution in [0.4, 0.5) is 17.1 Å². The first-order valence-corrected chi connectivity index (χ1v) is 24.3. The first-order valence-electron chi connectivity index (χ1n) is 23.4. The summed E-state index contributed by atoms with van der Waals surface area (Å²) in [5.41, 5.74) is 18.0. The summed E-state index contributed by atoms with van der Waals surface area (Å²) in [4.78, 5) is 18.4. The molecule has 0 bridgehead atoms. The van der Waals surface area contributed by atoms with Crippen LogP contribution in [0.3, 0.4) is 0 Å². The van der Waals surface area contributed by atoms with Gasteiger partial charge in [0.25, 0.3) is 0 Å². The van der Waals surface area contributed by atoms with Gasteiger partial charge in [0.15, 0.2) is 17.5 Å². The lowest BCUT2D eigenvalue weighted by atomic mass is 9.70. The molecule has 2 aliphatic carbocycles. The second-order valence-electron chi connectivity index (χ2n) is 17.8. The van der Waals surface area contributed by atoms with Crippen molar-refractivity contribution in [1.29, 1.82) is 0 Å². The van der Waals surface area contributed by atoms with E-state index in [4.69, 9.17) is 15.0 Å². The smallest absolute Gasteiger partial charge is 0.164 e. The van der Waals surface area contributed by atoms with Crippen molar-refractivity contribution in [2.45, 2.75) is 5.41 Å². The van der Waals surface area contributed by atoms with Gasteiger partial charge in [0.2, 0.25) is 0 Å². The Hall–Kier alpha value is -8.77. The van der Waals surface area contributed by atoms with Gasteiger partial charge in [-0.2, -0.15) is 0 Å². The van der Waals surface area contributed by atoms with Crippen LogP contribution >= 0.6 is 11.3 Å². The first kappa shape index (κ1) is 39.4. The molecule has 0 N–H and O–H groups in total. The van der Waals surface area contributed by atoms with Crippen molar-refractivity contribution in [3.63, 3.8) is 0 Å². The summed E-state index contributed by atoms with van der Waals surface area (Å²) in [5, 5.41) is 2.37. The van der Waals surface area contributed by atoms with Crippen LogP contribution in [-0.2, 0) is 5.41 Å². The van der Waals surface area contributed by atoms with Gasteiger partial charge in [0.05, 0.1) is 16.8 Å². The van der Waals surface area contributed by atoms with Crippen LogP contribution in [-0.4, -0.2) is 15.0 Å². The van der Waals surface area contributed by atoms with Crippen LogP contribution in [0, 0.1) is 0 Å². The lowest BCUT2D eigenvalue weighted by Gasteiger charge is -2.32. The highest BCUT2D eigenvalue weighted by molar-refractivity contribution is 7.25. The second-order valence-corrected chi connectivity index (χ2v) is 18.9. The standard InChI is InChI=1S/C64H40N4S/c1-3-20-41(21-4-1)45-26-10-15-36-55(45)68(56-37-19-35-54-60(56)48-29-9-14-34-53(48)64(54)51-32-12-7-27-46(51)47-28-8-13-33-52(47)64)44-25-17-24-43(40-44)62-65-61(42-22-5-2-6-23-42)66-63(67-62)50-31-18-39-58-59(50)49-30-11-16-38-57(49)69-58/h1-40H. The van der Waals surface area contributed by atoms with Gasteiger partial charge in [-0.3, -0.25) is 0 Å². The Kier molecular flexibility index (Phi) is 8.95. The molecular weight excluding hydrogens is 857 g/mol. The number of thiophene rings is 1. The minimum atomic E-state index is -0.493. The largest absolute Gasteiger partial charge is 0.309 e. The Morgan fingerprint density at radius 1 is 0.333 bits per heavy atom. The van der Waals surface area contributed by atoms with Crippen molar-refractivity contribution < 1.29 is 0 Å². The summed E-state index contributed by atoms with van der Waals surface area (Å²) < 4.78 is 2.44. The Labute approximate surface area is 404 Å². The minimum absolute atomic E-state index is 0.493. The topological polar surface area (TPSA) is 41.9 Å². The molecule has 12 aromatic rings. The van der Waals surface area contributed by atoms with Crippen molar-refractivity contribution >= 4 is 48.6 Å². The average molecular weight is 897 g/mol. The molecular formula is C64H40N4S. The number of aromatic nitrogens is 3. The SMILES string of the molecule is c1ccc(-c2nc(-c3cccc(N(c4ccccc4-c4ccccc4)c4cccc5c4-c4ccccc4C54c5ccccc5-c5ccccc54)c3)nc(-c3cccc4sc5ccccc5c34)n2)cc1. The van der Waals surface area contributed by atoms with Gasteiger partial charge < -0.3 is 4.90 Å². The first-order chi connectivity index (χ1) is 34.2. The number of anilines is 3. The van der Waals surface area contributed by atoms with Crippen LogP contribution in [0.15, 0.2) is 243 Å². The fourth-order valence-electron chi connectivity index (χ4n) is 11.3. The van der Waals surface area contributed by atoms with Crippen LogP contribution < -0.4 is 4.90 Å². The zero-order valence-corrected chi connectivity index (χ0v) is 38.1. The molecule has 2 aromatic heterocycles. The third kappa shape index (κ3) is 5.97. The van der Waals surface area contributed by atoms with Crippen molar-refractivity contribution in [3.05, 3.63) is 265 Å². The minimum Gasteiger partial charge on any atom is -0.309 e. The number of hydrogen-bond donors (Lipinski definition) is 0. The summed E-state index contributed by atoms with van der Waals surface area (Å²) in [6.45, 7) is 0. The van der Waals surface area contributed by atoms with E-state index in [-0.39, 0.29) is 0 Å². The molecule has 0 atom stereocenters. The fourth-order valence-corrected chi connectivity index (χ4v) is 12.5. The van der Waals surface area contributed by atoms with E-state index in [0.717, 1.165) is 50.3 Å². The molecule has 5 heteroatoms. The van der Waals surface area contributed by atoms with Crippen molar-refractivity contribution in [3.8, 4) is 67.5 Å².